The summed E-state index contributed by atoms with van der Waals surface area (Å²) in [7, 11) is 0. The van der Waals surface area contributed by atoms with Crippen LogP contribution >= 0.6 is 0 Å². The van der Waals surface area contributed by atoms with Crippen LogP contribution in [0.3, 0.4) is 0 Å². The molecule has 14 nitrogen and oxygen atoms in total. The normalized spacial score (nSPS) is 18.0. The van der Waals surface area contributed by atoms with Gasteiger partial charge in [0, 0.05) is 28.8 Å². The Morgan fingerprint density at radius 1 is 0.575 bits per heavy atom. The Bertz CT molecular complexity index is 3620. The Morgan fingerprint density at radius 2 is 1.12 bits per heavy atom. The Balaban J connectivity index is 1.02. The van der Waals surface area contributed by atoms with E-state index in [0.717, 1.165) is 22.3 Å². The first-order valence-electron chi connectivity index (χ1n) is 26.2. The van der Waals surface area contributed by atoms with E-state index in [1.54, 1.807) is 54.6 Å². The molecule has 2 aliphatic rings. The highest BCUT2D eigenvalue weighted by molar-refractivity contribution is 5.89. The van der Waals surface area contributed by atoms with Crippen molar-refractivity contribution in [3.8, 4) is 40.1 Å². The fourth-order valence-corrected chi connectivity index (χ4v) is 9.62. The summed E-state index contributed by atoms with van der Waals surface area (Å²) in [6.07, 6.45) is -9.04. The number of esters is 2. The second-order valence-corrected chi connectivity index (χ2v) is 19.8. The summed E-state index contributed by atoms with van der Waals surface area (Å²) in [5.41, 5.74) is 5.98. The van der Waals surface area contributed by atoms with Crippen LogP contribution in [0.5, 0.6) is 28.7 Å². The third-order valence-electron chi connectivity index (χ3n) is 13.9. The van der Waals surface area contributed by atoms with Gasteiger partial charge in [0.2, 0.25) is 17.5 Å². The third-order valence-corrected chi connectivity index (χ3v) is 13.9. The van der Waals surface area contributed by atoms with Crippen LogP contribution in [-0.2, 0) is 55.6 Å². The lowest BCUT2D eigenvalue weighted by atomic mass is 9.97. The van der Waals surface area contributed by atoms with E-state index < -0.39 is 66.2 Å². The van der Waals surface area contributed by atoms with E-state index in [2.05, 4.69) is 0 Å². The van der Waals surface area contributed by atoms with Crippen LogP contribution in [0.25, 0.3) is 22.3 Å². The average Bonchev–Trinajstić information content (AvgIpc) is 3.95. The van der Waals surface area contributed by atoms with Gasteiger partial charge < -0.3 is 52.5 Å². The third kappa shape index (κ3) is 11.6. The number of rotatable bonds is 18. The summed E-state index contributed by atoms with van der Waals surface area (Å²) in [5, 5.41) is 23.6. The highest BCUT2D eigenvalue weighted by atomic mass is 16.7. The Labute approximate surface area is 461 Å². The van der Waals surface area contributed by atoms with Crippen LogP contribution in [0.2, 0.25) is 0 Å². The predicted octanol–water partition coefficient (Wildman–Crippen LogP) is 10.7. The molecule has 1 saturated heterocycles. The van der Waals surface area contributed by atoms with Crippen molar-refractivity contribution < 1.29 is 62.1 Å². The zero-order chi connectivity index (χ0) is 55.2. The monoisotopic (exact) mass is 1070 g/mol. The van der Waals surface area contributed by atoms with Crippen molar-refractivity contribution in [3.63, 3.8) is 0 Å². The van der Waals surface area contributed by atoms with Crippen LogP contribution in [0.15, 0.2) is 209 Å². The van der Waals surface area contributed by atoms with Crippen molar-refractivity contribution in [1.29, 1.82) is 0 Å². The molecular weight excluding hydrogens is 1020 g/mol. The number of hydrogen-bond acceptors (Lipinski definition) is 14. The number of aliphatic hydroxyl groups is 2. The Kier molecular flexibility index (Phi) is 15.5. The zero-order valence-corrected chi connectivity index (χ0v) is 43.8. The second kappa shape index (κ2) is 23.4. The molecule has 0 saturated carbocycles. The lowest BCUT2D eigenvalue weighted by molar-refractivity contribution is -0.283. The number of ether oxygens (including phenoxy) is 8. The van der Waals surface area contributed by atoms with Gasteiger partial charge in [0.1, 0.15) is 60.6 Å². The number of benzene rings is 8. The number of aliphatic hydroxyl groups excluding tert-OH is 2. The molecule has 11 rings (SSSR count). The molecule has 0 unspecified atom stereocenters. The van der Waals surface area contributed by atoms with E-state index in [0.29, 0.717) is 39.5 Å². The van der Waals surface area contributed by atoms with Gasteiger partial charge in [0.05, 0.1) is 12.8 Å². The highest BCUT2D eigenvalue weighted by Crippen LogP contribution is 2.50. The average molecular weight is 1070 g/mol. The van der Waals surface area contributed by atoms with Crippen molar-refractivity contribution in [3.05, 3.63) is 255 Å². The maximum Gasteiger partial charge on any atom is 0.310 e. The summed E-state index contributed by atoms with van der Waals surface area (Å²) in [4.78, 5) is 42.9. The van der Waals surface area contributed by atoms with Gasteiger partial charge in [-0.05, 0) is 54.3 Å². The van der Waals surface area contributed by atoms with Crippen LogP contribution < -0.4 is 29.1 Å². The summed E-state index contributed by atoms with van der Waals surface area (Å²) >= 11 is 0. The summed E-state index contributed by atoms with van der Waals surface area (Å²) in [6, 6.07) is 60.7. The van der Waals surface area contributed by atoms with E-state index in [1.165, 1.54) is 0 Å². The molecule has 5 atom stereocenters. The summed E-state index contributed by atoms with van der Waals surface area (Å²) in [6.45, 7) is 3.51. The van der Waals surface area contributed by atoms with Crippen molar-refractivity contribution in [2.24, 2.45) is 0 Å². The van der Waals surface area contributed by atoms with E-state index in [-0.39, 0.29) is 54.1 Å². The van der Waals surface area contributed by atoms with Gasteiger partial charge in [-0.1, -0.05) is 181 Å². The number of fused-ring (bicyclic) bond motifs is 2. The molecule has 1 aromatic heterocycles. The maximum absolute atomic E-state index is 15.8. The van der Waals surface area contributed by atoms with Gasteiger partial charge in [0.15, 0.2) is 23.4 Å². The van der Waals surface area contributed by atoms with E-state index >= 15 is 4.79 Å². The van der Waals surface area contributed by atoms with E-state index in [4.69, 9.17) is 42.3 Å². The maximum atomic E-state index is 15.8. The number of hydrogen-bond donors (Lipinski definition) is 2. The lowest BCUT2D eigenvalue weighted by Crippen LogP contribution is -2.61. The molecule has 0 amide bonds. The molecule has 14 heteroatoms. The van der Waals surface area contributed by atoms with Crippen molar-refractivity contribution >= 4 is 22.9 Å². The smallest absolute Gasteiger partial charge is 0.310 e. The van der Waals surface area contributed by atoms with Gasteiger partial charge in [-0.3, -0.25) is 14.4 Å². The van der Waals surface area contributed by atoms with Gasteiger partial charge in [-0.25, -0.2) is 0 Å². The van der Waals surface area contributed by atoms with Crippen LogP contribution in [0.1, 0.15) is 44.5 Å². The molecule has 2 N–H and O–H groups in total. The SMILES string of the molecule is Cc1ccc(CC(=O)OC[C@H]2O[C@@H](Oc3c(-c4ccc5c(c4)OC(c4ccccc4)(c4ccccc4)O5)oc4cc(OCc5ccccc5)cc(OCc5ccccc5)c4c3=O)[C@H](OC(=O)Cc3ccc(C)cc3)[C@@H](O)[C@H]2O)cc1. The van der Waals surface area contributed by atoms with Crippen LogP contribution in [-0.4, -0.2) is 59.5 Å². The van der Waals surface area contributed by atoms with E-state index in [9.17, 15) is 19.8 Å². The minimum atomic E-state index is -1.89. The molecule has 8 aromatic carbocycles. The van der Waals surface area contributed by atoms with Crippen molar-refractivity contribution in [2.45, 2.75) is 76.4 Å². The van der Waals surface area contributed by atoms with Gasteiger partial charge in [0.25, 0.3) is 0 Å². The zero-order valence-electron chi connectivity index (χ0n) is 43.8. The molecule has 1 fully saturated rings. The first kappa shape index (κ1) is 52.8. The van der Waals surface area contributed by atoms with Crippen LogP contribution in [0, 0.1) is 13.8 Å². The fraction of sp³-hybridized carbons (Fsp3) is 0.197. The van der Waals surface area contributed by atoms with E-state index in [1.807, 2.05) is 159 Å². The molecule has 0 bridgehead atoms. The topological polar surface area (TPSA) is 179 Å². The quantitative estimate of drug-likeness (QED) is 0.0775. The minimum Gasteiger partial charge on any atom is -0.489 e. The molecule has 0 aliphatic carbocycles. The fourth-order valence-electron chi connectivity index (χ4n) is 9.62. The largest absolute Gasteiger partial charge is 0.489 e. The molecule has 0 radical (unpaired) electrons. The molecule has 9 aromatic rings. The summed E-state index contributed by atoms with van der Waals surface area (Å²) in [5.74, 6) is -2.37. The lowest BCUT2D eigenvalue weighted by Gasteiger charge is -2.41. The first-order valence-corrected chi connectivity index (χ1v) is 26.2. The molecule has 3 heterocycles. The standard InChI is InChI=1S/C66H56O14/c1-41-23-27-43(28-24-41)33-56(67)74-40-55-59(69)61(71)64(77-57(68)34-44-29-25-42(2)26-30-44)65(76-55)78-63-60(70)58-53(73-39-46-17-9-4-10-18-46)36-50(72-38-45-15-7-3-8-16-45)37-54(58)75-62(63)47-31-32-51-52(35-47)80-66(79-51,48-19-11-5-12-20-48)49-21-13-6-14-22-49/h3-32,35-37,55,59,61,64-65,69,71H,33-34,38-40H2,1-2H3/t55-,59+,61+,64-,65+/m1/s1. The van der Waals surface area contributed by atoms with Crippen molar-refractivity contribution in [1.82, 2.24) is 0 Å². The molecule has 80 heavy (non-hydrogen) atoms. The predicted molar refractivity (Wildman–Crippen MR) is 296 cm³/mol. The Hall–Kier alpha value is -9.21. The molecular formula is C66H56O14. The van der Waals surface area contributed by atoms with Gasteiger partial charge in [-0.15, -0.1) is 0 Å². The molecule has 0 spiro atoms. The van der Waals surface area contributed by atoms with Gasteiger partial charge in [-0.2, -0.15) is 0 Å². The number of carbonyl (C=O) groups excluding carboxylic acids is 2. The van der Waals surface area contributed by atoms with Gasteiger partial charge >= 0.3 is 17.7 Å². The van der Waals surface area contributed by atoms with Crippen LogP contribution in [0.4, 0.5) is 0 Å². The number of carbonyl (C=O) groups is 2. The van der Waals surface area contributed by atoms with Crippen molar-refractivity contribution in [2.75, 3.05) is 6.61 Å². The first-order chi connectivity index (χ1) is 39.0. The number of aryl methyl sites for hydroxylation is 2. The Morgan fingerprint density at radius 3 is 1.73 bits per heavy atom. The summed E-state index contributed by atoms with van der Waals surface area (Å²) < 4.78 is 58.0. The second-order valence-electron chi connectivity index (χ2n) is 19.8. The highest BCUT2D eigenvalue weighted by Gasteiger charge is 2.50. The molecule has 2 aliphatic heterocycles. The minimum absolute atomic E-state index is 0.0430. The molecule has 404 valence electrons.